The van der Waals surface area contributed by atoms with E-state index in [0.29, 0.717) is 0 Å². The number of hydrogen-bond donors (Lipinski definition) is 0. The predicted molar refractivity (Wildman–Crippen MR) is 91.0 cm³/mol. The van der Waals surface area contributed by atoms with Gasteiger partial charge in [-0.15, -0.1) is 0 Å². The fourth-order valence-corrected chi connectivity index (χ4v) is 2.76. The highest BCUT2D eigenvalue weighted by molar-refractivity contribution is 6.33. The van der Waals surface area contributed by atoms with E-state index in [-0.39, 0.29) is 0 Å². The van der Waals surface area contributed by atoms with Gasteiger partial charge in [0.1, 0.15) is 0 Å². The zero-order valence-corrected chi connectivity index (χ0v) is 14.0. The van der Waals surface area contributed by atoms with Crippen molar-refractivity contribution in [2.75, 3.05) is 37.6 Å². The molecule has 1 aliphatic heterocycles. The summed E-state index contributed by atoms with van der Waals surface area (Å²) < 4.78 is 0. The second-order valence-electron chi connectivity index (χ2n) is 4.99. The first-order chi connectivity index (χ1) is 9.81. The van der Waals surface area contributed by atoms with Crippen LogP contribution < -0.4 is 4.90 Å². The van der Waals surface area contributed by atoms with Crippen molar-refractivity contribution in [2.45, 2.75) is 40.0 Å². The summed E-state index contributed by atoms with van der Waals surface area (Å²) in [4.78, 5) is 4.97. The van der Waals surface area contributed by atoms with Gasteiger partial charge in [0.15, 0.2) is 0 Å². The Bertz CT molecular complexity index is 360. The topological polar surface area (TPSA) is 6.48 Å². The number of benzene rings is 1. The summed E-state index contributed by atoms with van der Waals surface area (Å²) in [6, 6.07) is 8.15. The molecule has 1 aromatic rings. The first-order valence-corrected chi connectivity index (χ1v) is 8.41. The Kier molecular flexibility index (Phi) is 8.72. The summed E-state index contributed by atoms with van der Waals surface area (Å²) in [6.45, 7) is 12.0. The van der Waals surface area contributed by atoms with E-state index in [0.717, 1.165) is 31.2 Å². The molecule has 1 fully saturated rings. The molecule has 0 radical (unpaired) electrons. The molecule has 20 heavy (non-hydrogen) atoms. The average molecular weight is 297 g/mol. The molecule has 0 aliphatic carbocycles. The normalized spacial score (nSPS) is 15.7. The third-order valence-corrected chi connectivity index (χ3v) is 3.96. The van der Waals surface area contributed by atoms with Gasteiger partial charge in [-0.1, -0.05) is 57.3 Å². The number of unbranched alkanes of at least 4 members (excludes halogenated alkanes) is 2. The SMILES string of the molecule is CC.CCCCCN1CCN(c2ccccc2Cl)CC1. The van der Waals surface area contributed by atoms with Crippen molar-refractivity contribution in [1.29, 1.82) is 0 Å². The maximum Gasteiger partial charge on any atom is 0.0639 e. The Morgan fingerprint density at radius 2 is 1.65 bits per heavy atom. The molecule has 1 aromatic carbocycles. The molecule has 1 aliphatic rings. The lowest BCUT2D eigenvalue weighted by molar-refractivity contribution is 0.252. The first-order valence-electron chi connectivity index (χ1n) is 8.03. The maximum atomic E-state index is 6.24. The highest BCUT2D eigenvalue weighted by Gasteiger charge is 2.17. The Labute approximate surface area is 129 Å². The minimum atomic E-state index is 0.872. The van der Waals surface area contributed by atoms with Gasteiger partial charge in [0, 0.05) is 26.2 Å². The summed E-state index contributed by atoms with van der Waals surface area (Å²) in [5.74, 6) is 0. The molecule has 0 atom stereocenters. The number of anilines is 1. The van der Waals surface area contributed by atoms with Crippen LogP contribution in [0.2, 0.25) is 5.02 Å². The third-order valence-electron chi connectivity index (χ3n) is 3.64. The number of rotatable bonds is 5. The largest absolute Gasteiger partial charge is 0.368 e. The van der Waals surface area contributed by atoms with Crippen molar-refractivity contribution >= 4 is 17.3 Å². The summed E-state index contributed by atoms with van der Waals surface area (Å²) in [6.07, 6.45) is 3.99. The van der Waals surface area contributed by atoms with Crippen molar-refractivity contribution in [3.05, 3.63) is 29.3 Å². The number of piperazine rings is 1. The van der Waals surface area contributed by atoms with Gasteiger partial charge in [0.05, 0.1) is 10.7 Å². The molecule has 114 valence electrons. The van der Waals surface area contributed by atoms with E-state index in [1.165, 1.54) is 31.5 Å². The van der Waals surface area contributed by atoms with E-state index in [1.807, 2.05) is 26.0 Å². The molecular weight excluding hydrogens is 268 g/mol. The van der Waals surface area contributed by atoms with E-state index < -0.39 is 0 Å². The van der Waals surface area contributed by atoms with Crippen LogP contribution in [0.5, 0.6) is 0 Å². The molecule has 1 saturated heterocycles. The molecule has 0 unspecified atom stereocenters. The maximum absolute atomic E-state index is 6.24. The van der Waals surface area contributed by atoms with Crippen molar-refractivity contribution in [2.24, 2.45) is 0 Å². The van der Waals surface area contributed by atoms with E-state index in [4.69, 9.17) is 11.6 Å². The molecule has 0 bridgehead atoms. The summed E-state index contributed by atoms with van der Waals surface area (Å²) in [7, 11) is 0. The smallest absolute Gasteiger partial charge is 0.0639 e. The van der Waals surface area contributed by atoms with Gasteiger partial charge in [0.25, 0.3) is 0 Å². The Morgan fingerprint density at radius 1 is 1.00 bits per heavy atom. The van der Waals surface area contributed by atoms with Crippen LogP contribution in [0.1, 0.15) is 40.0 Å². The lowest BCUT2D eigenvalue weighted by Gasteiger charge is -2.36. The van der Waals surface area contributed by atoms with E-state index in [2.05, 4.69) is 28.9 Å². The van der Waals surface area contributed by atoms with Crippen LogP contribution in [0, 0.1) is 0 Å². The van der Waals surface area contributed by atoms with Gasteiger partial charge in [-0.05, 0) is 25.1 Å². The molecular formula is C17H29ClN2. The summed E-state index contributed by atoms with van der Waals surface area (Å²) >= 11 is 6.24. The monoisotopic (exact) mass is 296 g/mol. The van der Waals surface area contributed by atoms with Crippen molar-refractivity contribution in [3.8, 4) is 0 Å². The van der Waals surface area contributed by atoms with Crippen molar-refractivity contribution in [3.63, 3.8) is 0 Å². The Morgan fingerprint density at radius 3 is 2.25 bits per heavy atom. The van der Waals surface area contributed by atoms with Crippen LogP contribution in [0.25, 0.3) is 0 Å². The van der Waals surface area contributed by atoms with Gasteiger partial charge >= 0.3 is 0 Å². The molecule has 2 nitrogen and oxygen atoms in total. The number of nitrogens with zero attached hydrogens (tertiary/aromatic N) is 2. The van der Waals surface area contributed by atoms with Crippen LogP contribution in [-0.2, 0) is 0 Å². The second kappa shape index (κ2) is 10.1. The molecule has 0 N–H and O–H groups in total. The minimum Gasteiger partial charge on any atom is -0.368 e. The van der Waals surface area contributed by atoms with Gasteiger partial charge in [-0.2, -0.15) is 0 Å². The molecule has 1 heterocycles. The lowest BCUT2D eigenvalue weighted by Crippen LogP contribution is -2.46. The number of para-hydroxylation sites is 1. The Balaban J connectivity index is 0.000000956. The van der Waals surface area contributed by atoms with E-state index in [1.54, 1.807) is 0 Å². The van der Waals surface area contributed by atoms with Crippen LogP contribution in [0.15, 0.2) is 24.3 Å². The molecule has 3 heteroatoms. The predicted octanol–water partition coefficient (Wildman–Crippen LogP) is 4.68. The zero-order chi connectivity index (χ0) is 14.8. The average Bonchev–Trinajstić information content (AvgIpc) is 2.51. The minimum absolute atomic E-state index is 0.872. The fraction of sp³-hybridized carbons (Fsp3) is 0.647. The van der Waals surface area contributed by atoms with Crippen LogP contribution in [0.4, 0.5) is 5.69 Å². The van der Waals surface area contributed by atoms with Crippen LogP contribution in [0.3, 0.4) is 0 Å². The number of halogens is 1. The van der Waals surface area contributed by atoms with Gasteiger partial charge in [0.2, 0.25) is 0 Å². The standard InChI is InChI=1S/C15H23ClN2.C2H6/c1-2-3-6-9-17-10-12-18(13-11-17)15-8-5-4-7-14(15)16;1-2/h4-5,7-8H,2-3,6,9-13H2,1H3;1-2H3. The van der Waals surface area contributed by atoms with Crippen LogP contribution in [-0.4, -0.2) is 37.6 Å². The van der Waals surface area contributed by atoms with Gasteiger partial charge in [-0.3, -0.25) is 4.90 Å². The van der Waals surface area contributed by atoms with Crippen molar-refractivity contribution < 1.29 is 0 Å². The van der Waals surface area contributed by atoms with Gasteiger partial charge < -0.3 is 4.90 Å². The molecule has 0 aromatic heterocycles. The summed E-state index contributed by atoms with van der Waals surface area (Å²) in [5, 5.41) is 0.872. The zero-order valence-electron chi connectivity index (χ0n) is 13.2. The highest BCUT2D eigenvalue weighted by Crippen LogP contribution is 2.25. The van der Waals surface area contributed by atoms with Gasteiger partial charge in [-0.25, -0.2) is 0 Å². The summed E-state index contributed by atoms with van der Waals surface area (Å²) in [5.41, 5.74) is 1.19. The van der Waals surface area contributed by atoms with Crippen LogP contribution >= 0.6 is 11.6 Å². The second-order valence-corrected chi connectivity index (χ2v) is 5.39. The highest BCUT2D eigenvalue weighted by atomic mass is 35.5. The van der Waals surface area contributed by atoms with E-state index >= 15 is 0 Å². The first kappa shape index (κ1) is 17.3. The molecule has 0 saturated carbocycles. The lowest BCUT2D eigenvalue weighted by atomic mass is 10.2. The molecule has 2 rings (SSSR count). The van der Waals surface area contributed by atoms with Crippen molar-refractivity contribution in [1.82, 2.24) is 4.90 Å². The molecule has 0 spiro atoms. The van der Waals surface area contributed by atoms with E-state index in [9.17, 15) is 0 Å². The molecule has 0 amide bonds. The fourth-order valence-electron chi connectivity index (χ4n) is 2.51. The Hall–Kier alpha value is -0.730. The number of hydrogen-bond acceptors (Lipinski definition) is 2. The quantitative estimate of drug-likeness (QED) is 0.728. The third kappa shape index (κ3) is 5.34.